The van der Waals surface area contributed by atoms with E-state index in [0.29, 0.717) is 6.54 Å². The van der Waals surface area contributed by atoms with Crippen LogP contribution >= 0.6 is 0 Å². The quantitative estimate of drug-likeness (QED) is 0.543. The van der Waals surface area contributed by atoms with E-state index >= 15 is 0 Å². The summed E-state index contributed by atoms with van der Waals surface area (Å²) < 4.78 is 29.5. The van der Waals surface area contributed by atoms with E-state index in [2.05, 4.69) is 10.1 Å². The van der Waals surface area contributed by atoms with Crippen LogP contribution in [0.4, 0.5) is 0 Å². The van der Waals surface area contributed by atoms with Crippen LogP contribution in [0.5, 0.6) is 0 Å². The molecule has 0 aliphatic carbocycles. The minimum atomic E-state index is -3.88. The normalized spacial score (nSPS) is 21.5. The molecule has 1 heterocycles. The second kappa shape index (κ2) is 6.12. The largest absolute Gasteiger partial charge is 0.465 e. The molecule has 104 valence electrons. The first-order valence-electron chi connectivity index (χ1n) is 5.53. The molecule has 0 aromatic heterocycles. The van der Waals surface area contributed by atoms with Gasteiger partial charge in [0.2, 0.25) is 15.9 Å². The van der Waals surface area contributed by atoms with Crippen LogP contribution in [0, 0.1) is 0 Å². The molecule has 0 radical (unpaired) electrons. The summed E-state index contributed by atoms with van der Waals surface area (Å²) in [6.07, 6.45) is 0. The van der Waals surface area contributed by atoms with Crippen LogP contribution in [0.15, 0.2) is 0 Å². The summed E-state index contributed by atoms with van der Waals surface area (Å²) >= 11 is 0. The lowest BCUT2D eigenvalue weighted by Gasteiger charge is -2.32. The second-order valence-corrected chi connectivity index (χ2v) is 5.72. The van der Waals surface area contributed by atoms with E-state index in [1.54, 1.807) is 6.92 Å². The monoisotopic (exact) mass is 279 g/mol. The van der Waals surface area contributed by atoms with Crippen molar-refractivity contribution < 1.29 is 22.7 Å². The molecular weight excluding hydrogens is 262 g/mol. The molecule has 1 rings (SSSR count). The molecule has 0 spiro atoms. The molecule has 3 N–H and O–H groups in total. The average molecular weight is 279 g/mol. The Morgan fingerprint density at radius 1 is 1.50 bits per heavy atom. The van der Waals surface area contributed by atoms with E-state index in [0.717, 1.165) is 4.31 Å². The van der Waals surface area contributed by atoms with Crippen LogP contribution in [0.2, 0.25) is 0 Å². The molecule has 1 fully saturated rings. The van der Waals surface area contributed by atoms with Gasteiger partial charge in [-0.3, -0.25) is 9.59 Å². The molecule has 0 aromatic carbocycles. The maximum absolute atomic E-state index is 12.0. The molecule has 0 saturated carbocycles. The van der Waals surface area contributed by atoms with E-state index in [9.17, 15) is 18.0 Å². The number of piperazine rings is 1. The number of hydrogen-bond acceptors (Lipinski definition) is 6. The fourth-order valence-corrected chi connectivity index (χ4v) is 3.18. The van der Waals surface area contributed by atoms with E-state index < -0.39 is 33.7 Å². The first-order chi connectivity index (χ1) is 8.38. The molecule has 9 heteroatoms. The van der Waals surface area contributed by atoms with Crippen molar-refractivity contribution in [3.63, 3.8) is 0 Å². The van der Waals surface area contributed by atoms with Gasteiger partial charge in [0.05, 0.1) is 6.61 Å². The molecule has 0 aromatic rings. The summed E-state index contributed by atoms with van der Waals surface area (Å²) in [5.74, 6) is -2.35. The van der Waals surface area contributed by atoms with Crippen molar-refractivity contribution in [1.82, 2.24) is 9.62 Å². The van der Waals surface area contributed by atoms with Gasteiger partial charge in [0.1, 0.15) is 6.04 Å². The van der Waals surface area contributed by atoms with Crippen molar-refractivity contribution in [1.29, 1.82) is 0 Å². The first kappa shape index (κ1) is 14.9. The van der Waals surface area contributed by atoms with Gasteiger partial charge in [-0.1, -0.05) is 0 Å². The SMILES string of the molecule is CCOC(=O)CS(=O)(=O)N1CCNCC1C(N)=O. The number of hydrogen-bond donors (Lipinski definition) is 2. The molecule has 0 bridgehead atoms. The molecule has 1 saturated heterocycles. The third-order valence-corrected chi connectivity index (χ3v) is 4.24. The second-order valence-electron chi connectivity index (χ2n) is 3.79. The highest BCUT2D eigenvalue weighted by Crippen LogP contribution is 2.10. The van der Waals surface area contributed by atoms with Crippen LogP contribution in [0.3, 0.4) is 0 Å². The molecule has 8 nitrogen and oxygen atoms in total. The highest BCUT2D eigenvalue weighted by molar-refractivity contribution is 7.89. The lowest BCUT2D eigenvalue weighted by Crippen LogP contribution is -2.59. The number of primary amides is 1. The van der Waals surface area contributed by atoms with Crippen LogP contribution in [0.25, 0.3) is 0 Å². The van der Waals surface area contributed by atoms with Crippen LogP contribution in [0.1, 0.15) is 6.92 Å². The summed E-state index contributed by atoms with van der Waals surface area (Å²) in [7, 11) is -3.88. The minimum Gasteiger partial charge on any atom is -0.465 e. The van der Waals surface area contributed by atoms with Crippen LogP contribution in [-0.4, -0.2) is 62.6 Å². The summed E-state index contributed by atoms with van der Waals surface area (Å²) in [5, 5.41) is 2.87. The smallest absolute Gasteiger partial charge is 0.322 e. The lowest BCUT2D eigenvalue weighted by atomic mass is 10.2. The van der Waals surface area contributed by atoms with Crippen molar-refractivity contribution in [3.8, 4) is 0 Å². The van der Waals surface area contributed by atoms with Crippen LogP contribution in [-0.2, 0) is 24.3 Å². The summed E-state index contributed by atoms with van der Waals surface area (Å²) in [5.41, 5.74) is 5.14. The first-order valence-corrected chi connectivity index (χ1v) is 7.14. The van der Waals surface area contributed by atoms with Crippen molar-refractivity contribution in [3.05, 3.63) is 0 Å². The standard InChI is InChI=1S/C9H17N3O5S/c1-2-17-8(13)6-18(15,16)12-4-3-11-5-7(12)9(10)14/h7,11H,2-6H2,1H3,(H2,10,14). The fourth-order valence-electron chi connectivity index (χ4n) is 1.70. The predicted molar refractivity (Wildman–Crippen MR) is 63.0 cm³/mol. The molecule has 1 aliphatic heterocycles. The summed E-state index contributed by atoms with van der Waals surface area (Å²) in [6.45, 7) is 2.36. The third kappa shape index (κ3) is 3.65. The molecule has 1 unspecified atom stereocenters. The Morgan fingerprint density at radius 2 is 2.17 bits per heavy atom. The van der Waals surface area contributed by atoms with Crippen molar-refractivity contribution >= 4 is 21.9 Å². The van der Waals surface area contributed by atoms with Gasteiger partial charge in [-0.05, 0) is 6.92 Å². The Morgan fingerprint density at radius 3 is 2.72 bits per heavy atom. The molecule has 1 amide bonds. The zero-order chi connectivity index (χ0) is 13.8. The van der Waals surface area contributed by atoms with Gasteiger partial charge in [-0.15, -0.1) is 0 Å². The topological polar surface area (TPSA) is 119 Å². The van der Waals surface area contributed by atoms with Gasteiger partial charge < -0.3 is 15.8 Å². The number of nitrogens with one attached hydrogen (secondary N) is 1. The minimum absolute atomic E-state index is 0.106. The van der Waals surface area contributed by atoms with E-state index in [-0.39, 0.29) is 19.7 Å². The van der Waals surface area contributed by atoms with Gasteiger partial charge >= 0.3 is 5.97 Å². The summed E-state index contributed by atoms with van der Waals surface area (Å²) in [6, 6.07) is -0.960. The highest BCUT2D eigenvalue weighted by atomic mass is 32.2. The number of nitrogens with two attached hydrogens (primary N) is 1. The van der Waals surface area contributed by atoms with Crippen LogP contribution < -0.4 is 11.1 Å². The number of sulfonamides is 1. The zero-order valence-electron chi connectivity index (χ0n) is 10.1. The van der Waals surface area contributed by atoms with Gasteiger partial charge in [0.15, 0.2) is 5.75 Å². The Hall–Kier alpha value is -1.19. The number of nitrogens with zero attached hydrogens (tertiary/aromatic N) is 1. The van der Waals surface area contributed by atoms with Gasteiger partial charge in [0.25, 0.3) is 0 Å². The molecular formula is C9H17N3O5S. The average Bonchev–Trinajstić information content (AvgIpc) is 2.28. The number of amides is 1. The Kier molecular flexibility index (Phi) is 5.05. The Bertz CT molecular complexity index is 422. The lowest BCUT2D eigenvalue weighted by molar-refractivity contribution is -0.140. The number of ether oxygens (including phenoxy) is 1. The van der Waals surface area contributed by atoms with Gasteiger partial charge in [-0.25, -0.2) is 8.42 Å². The zero-order valence-corrected chi connectivity index (χ0v) is 10.9. The predicted octanol–water partition coefficient (Wildman–Crippen LogP) is -2.36. The van der Waals surface area contributed by atoms with Crippen molar-refractivity contribution in [2.24, 2.45) is 5.73 Å². The molecule has 1 atom stereocenters. The molecule has 18 heavy (non-hydrogen) atoms. The van der Waals surface area contributed by atoms with Gasteiger partial charge in [0, 0.05) is 19.6 Å². The fraction of sp³-hybridized carbons (Fsp3) is 0.778. The third-order valence-electron chi connectivity index (χ3n) is 2.49. The number of esters is 1. The maximum Gasteiger partial charge on any atom is 0.322 e. The van der Waals surface area contributed by atoms with E-state index in [1.165, 1.54) is 0 Å². The van der Waals surface area contributed by atoms with Crippen molar-refractivity contribution in [2.75, 3.05) is 32.0 Å². The Balaban J connectivity index is 2.81. The van der Waals surface area contributed by atoms with E-state index in [1.807, 2.05) is 0 Å². The maximum atomic E-state index is 12.0. The highest BCUT2D eigenvalue weighted by Gasteiger charge is 2.36. The Labute approximate surface area is 105 Å². The number of carbonyl (C=O) groups excluding carboxylic acids is 2. The van der Waals surface area contributed by atoms with E-state index in [4.69, 9.17) is 5.73 Å². The van der Waals surface area contributed by atoms with Gasteiger partial charge in [-0.2, -0.15) is 4.31 Å². The number of carbonyl (C=O) groups is 2. The molecule has 1 aliphatic rings. The number of rotatable bonds is 5. The van der Waals surface area contributed by atoms with Crippen molar-refractivity contribution in [2.45, 2.75) is 13.0 Å². The summed E-state index contributed by atoms with van der Waals surface area (Å²) in [4.78, 5) is 22.4.